The van der Waals surface area contributed by atoms with E-state index in [1.54, 1.807) is 5.38 Å². The standard InChI is InChI=1S/C15H16N2O3S/c1-9-3-4-10(2)11(5-9)6-13(18)17-15-16-12(8-21-15)7-14(19)20/h3-5,8H,6-7H2,1-2H3,(H,19,20)(H,16,17,18). The van der Waals surface area contributed by atoms with Gasteiger partial charge in [-0.25, -0.2) is 4.98 Å². The topological polar surface area (TPSA) is 79.3 Å². The van der Waals surface area contributed by atoms with Crippen molar-refractivity contribution in [2.24, 2.45) is 0 Å². The highest BCUT2D eigenvalue weighted by Gasteiger charge is 2.10. The molecule has 0 bridgehead atoms. The van der Waals surface area contributed by atoms with E-state index in [9.17, 15) is 9.59 Å². The van der Waals surface area contributed by atoms with E-state index in [-0.39, 0.29) is 18.7 Å². The van der Waals surface area contributed by atoms with Crippen molar-refractivity contribution in [2.45, 2.75) is 26.7 Å². The average Bonchev–Trinajstić information content (AvgIpc) is 2.80. The van der Waals surface area contributed by atoms with Crippen LogP contribution in [0.2, 0.25) is 0 Å². The van der Waals surface area contributed by atoms with E-state index in [2.05, 4.69) is 10.3 Å². The molecule has 2 rings (SSSR count). The zero-order valence-corrected chi connectivity index (χ0v) is 12.7. The molecule has 1 aromatic heterocycles. The fourth-order valence-corrected chi connectivity index (χ4v) is 2.65. The Morgan fingerprint density at radius 3 is 2.76 bits per heavy atom. The summed E-state index contributed by atoms with van der Waals surface area (Å²) in [5.41, 5.74) is 3.62. The van der Waals surface area contributed by atoms with E-state index >= 15 is 0 Å². The molecule has 0 aliphatic rings. The smallest absolute Gasteiger partial charge is 0.309 e. The van der Waals surface area contributed by atoms with Crippen molar-refractivity contribution in [1.82, 2.24) is 4.98 Å². The number of anilines is 1. The molecule has 0 aliphatic carbocycles. The van der Waals surface area contributed by atoms with Gasteiger partial charge in [0.1, 0.15) is 0 Å². The Hall–Kier alpha value is -2.21. The second-order valence-electron chi connectivity index (χ2n) is 4.87. The van der Waals surface area contributed by atoms with Crippen molar-refractivity contribution >= 4 is 28.3 Å². The van der Waals surface area contributed by atoms with Gasteiger partial charge in [-0.1, -0.05) is 23.8 Å². The summed E-state index contributed by atoms with van der Waals surface area (Å²) in [6, 6.07) is 5.99. The average molecular weight is 304 g/mol. The maximum absolute atomic E-state index is 12.0. The fourth-order valence-electron chi connectivity index (χ4n) is 1.93. The summed E-state index contributed by atoms with van der Waals surface area (Å²) >= 11 is 1.23. The van der Waals surface area contributed by atoms with Gasteiger partial charge in [0.25, 0.3) is 0 Å². The first-order chi connectivity index (χ1) is 9.94. The largest absolute Gasteiger partial charge is 0.481 e. The van der Waals surface area contributed by atoms with Gasteiger partial charge in [0, 0.05) is 5.38 Å². The van der Waals surface area contributed by atoms with E-state index < -0.39 is 5.97 Å². The van der Waals surface area contributed by atoms with Gasteiger partial charge in [-0.3, -0.25) is 9.59 Å². The molecule has 0 saturated heterocycles. The lowest BCUT2D eigenvalue weighted by Crippen LogP contribution is -2.15. The molecular formula is C15H16N2O3S. The maximum atomic E-state index is 12.0. The monoisotopic (exact) mass is 304 g/mol. The Balaban J connectivity index is 2.00. The number of hydrogen-bond acceptors (Lipinski definition) is 4. The Bertz CT molecular complexity index is 679. The van der Waals surface area contributed by atoms with Crippen molar-refractivity contribution in [1.29, 1.82) is 0 Å². The van der Waals surface area contributed by atoms with Crippen LogP contribution in [-0.2, 0) is 22.4 Å². The molecule has 1 aromatic carbocycles. The number of carboxylic acid groups (broad SMARTS) is 1. The zero-order valence-electron chi connectivity index (χ0n) is 11.8. The first kappa shape index (κ1) is 15.2. The molecule has 0 radical (unpaired) electrons. The number of carboxylic acids is 1. The lowest BCUT2D eigenvalue weighted by atomic mass is 10.0. The van der Waals surface area contributed by atoms with E-state index in [4.69, 9.17) is 5.11 Å². The van der Waals surface area contributed by atoms with E-state index in [0.29, 0.717) is 10.8 Å². The van der Waals surface area contributed by atoms with Gasteiger partial charge in [0.2, 0.25) is 5.91 Å². The van der Waals surface area contributed by atoms with Crippen LogP contribution >= 0.6 is 11.3 Å². The minimum atomic E-state index is -0.937. The molecule has 5 nitrogen and oxygen atoms in total. The highest BCUT2D eigenvalue weighted by Crippen LogP contribution is 2.17. The van der Waals surface area contributed by atoms with Crippen molar-refractivity contribution < 1.29 is 14.7 Å². The summed E-state index contributed by atoms with van der Waals surface area (Å²) in [6.07, 6.45) is 0.144. The summed E-state index contributed by atoms with van der Waals surface area (Å²) in [5, 5.41) is 13.5. The zero-order chi connectivity index (χ0) is 15.4. The Kier molecular flexibility index (Phi) is 4.70. The third kappa shape index (κ3) is 4.39. The highest BCUT2D eigenvalue weighted by atomic mass is 32.1. The van der Waals surface area contributed by atoms with Crippen LogP contribution in [0.4, 0.5) is 5.13 Å². The Morgan fingerprint density at radius 1 is 1.29 bits per heavy atom. The van der Waals surface area contributed by atoms with Crippen molar-refractivity contribution in [3.8, 4) is 0 Å². The molecule has 0 fully saturated rings. The molecule has 0 spiro atoms. The van der Waals surface area contributed by atoms with Crippen molar-refractivity contribution in [3.05, 3.63) is 46.0 Å². The molecule has 110 valence electrons. The predicted molar refractivity (Wildman–Crippen MR) is 81.7 cm³/mol. The lowest BCUT2D eigenvalue weighted by molar-refractivity contribution is -0.136. The number of aryl methyl sites for hydroxylation is 2. The molecule has 0 unspecified atom stereocenters. The van der Waals surface area contributed by atoms with Gasteiger partial charge < -0.3 is 10.4 Å². The van der Waals surface area contributed by atoms with E-state index in [0.717, 1.165) is 16.7 Å². The van der Waals surface area contributed by atoms with Crippen LogP contribution in [0.5, 0.6) is 0 Å². The van der Waals surface area contributed by atoms with Gasteiger partial charge in [0.05, 0.1) is 18.5 Å². The number of nitrogens with zero attached hydrogens (tertiary/aromatic N) is 1. The summed E-state index contributed by atoms with van der Waals surface area (Å²) in [5.74, 6) is -1.09. The van der Waals surface area contributed by atoms with Gasteiger partial charge in [-0.05, 0) is 25.0 Å². The van der Waals surface area contributed by atoms with Crippen LogP contribution in [0.15, 0.2) is 23.6 Å². The molecule has 0 saturated carbocycles. The molecule has 0 aliphatic heterocycles. The van der Waals surface area contributed by atoms with E-state index in [1.807, 2.05) is 32.0 Å². The molecule has 1 heterocycles. The Morgan fingerprint density at radius 2 is 2.05 bits per heavy atom. The minimum Gasteiger partial charge on any atom is -0.481 e. The predicted octanol–water partition coefficient (Wildman–Crippen LogP) is 2.57. The second-order valence-corrected chi connectivity index (χ2v) is 5.73. The number of aliphatic carboxylic acids is 1. The summed E-state index contributed by atoms with van der Waals surface area (Å²) in [6.45, 7) is 3.95. The second kappa shape index (κ2) is 6.49. The highest BCUT2D eigenvalue weighted by molar-refractivity contribution is 7.13. The molecule has 6 heteroatoms. The molecule has 1 amide bonds. The molecule has 2 aromatic rings. The van der Waals surface area contributed by atoms with Crippen LogP contribution < -0.4 is 5.32 Å². The Labute approximate surface area is 126 Å². The van der Waals surface area contributed by atoms with Gasteiger partial charge in [0.15, 0.2) is 5.13 Å². The molecular weight excluding hydrogens is 288 g/mol. The molecule has 2 N–H and O–H groups in total. The van der Waals surface area contributed by atoms with Gasteiger partial charge in [-0.2, -0.15) is 0 Å². The van der Waals surface area contributed by atoms with Crippen LogP contribution in [0.3, 0.4) is 0 Å². The third-order valence-electron chi connectivity index (χ3n) is 2.99. The number of carbonyl (C=O) groups excluding carboxylic acids is 1. The number of nitrogens with one attached hydrogen (secondary N) is 1. The molecule has 21 heavy (non-hydrogen) atoms. The summed E-state index contributed by atoms with van der Waals surface area (Å²) in [7, 11) is 0. The quantitative estimate of drug-likeness (QED) is 0.889. The van der Waals surface area contributed by atoms with Crippen LogP contribution in [-0.4, -0.2) is 22.0 Å². The van der Waals surface area contributed by atoms with Crippen molar-refractivity contribution in [2.75, 3.05) is 5.32 Å². The van der Waals surface area contributed by atoms with Crippen molar-refractivity contribution in [3.63, 3.8) is 0 Å². The first-order valence-corrected chi connectivity index (χ1v) is 7.34. The number of thiazole rings is 1. The number of rotatable bonds is 5. The summed E-state index contributed by atoms with van der Waals surface area (Å²) < 4.78 is 0. The van der Waals surface area contributed by atoms with Gasteiger partial charge in [-0.15, -0.1) is 11.3 Å². The van der Waals surface area contributed by atoms with Crippen LogP contribution in [0.1, 0.15) is 22.4 Å². The third-order valence-corrected chi connectivity index (χ3v) is 3.79. The SMILES string of the molecule is Cc1ccc(C)c(CC(=O)Nc2nc(CC(=O)O)cs2)c1. The number of hydrogen-bond donors (Lipinski definition) is 2. The number of benzene rings is 1. The summed E-state index contributed by atoms with van der Waals surface area (Å²) in [4.78, 5) is 26.7. The maximum Gasteiger partial charge on any atom is 0.309 e. The van der Waals surface area contributed by atoms with Crippen LogP contribution in [0.25, 0.3) is 0 Å². The van der Waals surface area contributed by atoms with Gasteiger partial charge >= 0.3 is 5.97 Å². The lowest BCUT2D eigenvalue weighted by Gasteiger charge is -2.06. The minimum absolute atomic E-state index is 0.136. The number of carbonyl (C=O) groups is 2. The van der Waals surface area contributed by atoms with Crippen LogP contribution in [0, 0.1) is 13.8 Å². The first-order valence-electron chi connectivity index (χ1n) is 6.46. The number of aromatic nitrogens is 1. The van der Waals surface area contributed by atoms with E-state index in [1.165, 1.54) is 11.3 Å². The molecule has 0 atom stereocenters. The normalized spacial score (nSPS) is 10.4. The number of amides is 1. The fraction of sp³-hybridized carbons (Fsp3) is 0.267.